The number of allylic oxidation sites excluding steroid dienone is 1. The van der Waals surface area contributed by atoms with Crippen molar-refractivity contribution in [2.24, 2.45) is 0 Å². The van der Waals surface area contributed by atoms with E-state index in [1.165, 1.54) is 18.3 Å². The van der Waals surface area contributed by atoms with E-state index < -0.39 is 4.92 Å². The first-order valence-electron chi connectivity index (χ1n) is 7.20. The normalized spacial score (nSPS) is 11.3. The Balaban J connectivity index is 2.59. The van der Waals surface area contributed by atoms with E-state index in [2.05, 4.69) is 10.3 Å². The zero-order chi connectivity index (χ0) is 17.5. The molecule has 0 saturated carbocycles. The molecule has 126 valence electrons. The average Bonchev–Trinajstić information content (AvgIpc) is 2.59. The summed E-state index contributed by atoms with van der Waals surface area (Å²) in [5.41, 5.74) is 1.61. The number of nitro groups is 1. The zero-order valence-corrected chi connectivity index (χ0v) is 13.4. The highest BCUT2D eigenvalue weighted by Crippen LogP contribution is 2.30. The van der Waals surface area contributed by atoms with Crippen LogP contribution in [0.3, 0.4) is 0 Å². The molecule has 24 heavy (non-hydrogen) atoms. The maximum absolute atomic E-state index is 11.0. The number of nitro benzene ring substituents is 1. The zero-order valence-electron chi connectivity index (χ0n) is 13.4. The lowest BCUT2D eigenvalue weighted by atomic mass is 10.1. The fraction of sp³-hybridized carbons (Fsp3) is 0.250. The number of methoxy groups -OCH3 is 1. The van der Waals surface area contributed by atoms with Gasteiger partial charge in [-0.05, 0) is 6.07 Å². The second kappa shape index (κ2) is 8.02. The van der Waals surface area contributed by atoms with Crippen molar-refractivity contribution >= 4 is 28.4 Å². The number of hydrogen-bond acceptors (Lipinski definition) is 7. The maximum Gasteiger partial charge on any atom is 0.270 e. The second-order valence-corrected chi connectivity index (χ2v) is 4.84. The van der Waals surface area contributed by atoms with Gasteiger partial charge in [-0.15, -0.1) is 0 Å². The van der Waals surface area contributed by atoms with E-state index >= 15 is 0 Å². The first-order valence-corrected chi connectivity index (χ1v) is 7.20. The molecule has 0 unspecified atom stereocenters. The summed E-state index contributed by atoms with van der Waals surface area (Å²) in [4.78, 5) is 15.0. The first kappa shape index (κ1) is 17.4. The van der Waals surface area contributed by atoms with Gasteiger partial charge in [0.2, 0.25) is 0 Å². The third-order valence-corrected chi connectivity index (χ3v) is 3.26. The molecule has 0 fully saturated rings. The second-order valence-electron chi connectivity index (χ2n) is 4.84. The van der Waals surface area contributed by atoms with Gasteiger partial charge in [0.1, 0.15) is 12.4 Å². The topological polar surface area (TPSA) is 110 Å². The Hall–Kier alpha value is -3.00. The third kappa shape index (κ3) is 3.85. The number of aromatic nitrogens is 1. The largest absolute Gasteiger partial charge is 0.490 e. The highest BCUT2D eigenvalue weighted by Gasteiger charge is 2.14. The number of rotatable bonds is 8. The van der Waals surface area contributed by atoms with E-state index in [0.717, 1.165) is 0 Å². The fourth-order valence-electron chi connectivity index (χ4n) is 2.14. The number of pyridine rings is 1. The van der Waals surface area contributed by atoms with Gasteiger partial charge in [-0.25, -0.2) is 4.98 Å². The monoisotopic (exact) mass is 330 g/mol. The molecule has 0 spiro atoms. The summed E-state index contributed by atoms with van der Waals surface area (Å²) in [6.45, 7) is 0.686. The summed E-state index contributed by atoms with van der Waals surface area (Å²) < 4.78 is 10.7. The molecule has 0 amide bonds. The van der Waals surface area contributed by atoms with Crippen LogP contribution in [0.25, 0.3) is 16.5 Å². The Morgan fingerprint density at radius 3 is 2.83 bits per heavy atom. The van der Waals surface area contributed by atoms with Crippen molar-refractivity contribution in [2.45, 2.75) is 0 Å². The van der Waals surface area contributed by atoms with Crippen LogP contribution >= 0.6 is 0 Å². The first-order chi connectivity index (χ1) is 11.6. The van der Waals surface area contributed by atoms with Gasteiger partial charge in [0, 0.05) is 55.7 Å². The molecular formula is C16H18N4O4. The van der Waals surface area contributed by atoms with Crippen LogP contribution in [-0.2, 0) is 4.74 Å². The van der Waals surface area contributed by atoms with Gasteiger partial charge in [-0.3, -0.25) is 10.1 Å². The van der Waals surface area contributed by atoms with Crippen molar-refractivity contribution in [3.8, 4) is 5.75 Å². The molecule has 2 aromatic rings. The fourth-order valence-corrected chi connectivity index (χ4v) is 2.14. The lowest BCUT2D eigenvalue weighted by Crippen LogP contribution is -2.06. The Labute approximate surface area is 138 Å². The number of benzene rings is 1. The van der Waals surface area contributed by atoms with E-state index in [1.807, 2.05) is 0 Å². The van der Waals surface area contributed by atoms with Crippen molar-refractivity contribution < 1.29 is 14.4 Å². The summed E-state index contributed by atoms with van der Waals surface area (Å²) in [6.07, 6.45) is 2.82. The average molecular weight is 330 g/mol. The van der Waals surface area contributed by atoms with Gasteiger partial charge in [0.15, 0.2) is 0 Å². The predicted octanol–water partition coefficient (Wildman–Crippen LogP) is 2.38. The Morgan fingerprint density at radius 1 is 1.42 bits per heavy atom. The molecular weight excluding hydrogens is 312 g/mol. The molecule has 0 radical (unpaired) electrons. The summed E-state index contributed by atoms with van der Waals surface area (Å²) in [6, 6.07) is 6.06. The number of fused-ring (bicyclic) bond motifs is 1. The minimum atomic E-state index is -0.462. The van der Waals surface area contributed by atoms with Crippen LogP contribution in [0.4, 0.5) is 5.69 Å². The van der Waals surface area contributed by atoms with E-state index in [-0.39, 0.29) is 5.69 Å². The van der Waals surface area contributed by atoms with Crippen molar-refractivity contribution in [3.63, 3.8) is 0 Å². The van der Waals surface area contributed by atoms with Crippen LogP contribution < -0.4 is 10.1 Å². The molecule has 0 bridgehead atoms. The van der Waals surface area contributed by atoms with E-state index in [1.54, 1.807) is 32.5 Å². The smallest absolute Gasteiger partial charge is 0.270 e. The number of hydrogen-bond donors (Lipinski definition) is 2. The van der Waals surface area contributed by atoms with Gasteiger partial charge >= 0.3 is 0 Å². The van der Waals surface area contributed by atoms with Crippen LogP contribution in [0, 0.1) is 15.5 Å². The standard InChI is InChI=1S/C16H18N4O4/c1-18-10-11(9-17)15-8-16(24-6-5-23-2)13-7-12(20(21)22)3-4-14(13)19-15/h3-4,7-10,17-18H,5-6H2,1-2H3/b11-10+,17-9?. The summed E-state index contributed by atoms with van der Waals surface area (Å²) in [5, 5.41) is 21.9. The van der Waals surface area contributed by atoms with Crippen LogP contribution in [0.15, 0.2) is 30.5 Å². The molecule has 1 aromatic carbocycles. The highest BCUT2D eigenvalue weighted by atomic mass is 16.6. The van der Waals surface area contributed by atoms with Crippen molar-refractivity contribution in [3.05, 3.63) is 46.3 Å². The molecule has 8 heteroatoms. The highest BCUT2D eigenvalue weighted by molar-refractivity contribution is 6.08. The minimum Gasteiger partial charge on any atom is -0.490 e. The van der Waals surface area contributed by atoms with E-state index in [4.69, 9.17) is 14.9 Å². The van der Waals surface area contributed by atoms with Crippen LogP contribution in [0.2, 0.25) is 0 Å². The Morgan fingerprint density at radius 2 is 2.21 bits per heavy atom. The van der Waals surface area contributed by atoms with Crippen LogP contribution in [0.5, 0.6) is 5.75 Å². The summed E-state index contributed by atoms with van der Waals surface area (Å²) in [7, 11) is 3.29. The molecule has 0 aliphatic heterocycles. The van der Waals surface area contributed by atoms with Crippen LogP contribution in [0.1, 0.15) is 5.69 Å². The summed E-state index contributed by atoms with van der Waals surface area (Å²) in [5.74, 6) is 0.458. The molecule has 1 aromatic heterocycles. The maximum atomic E-state index is 11.0. The molecule has 0 aliphatic carbocycles. The predicted molar refractivity (Wildman–Crippen MR) is 91.6 cm³/mol. The number of non-ortho nitro benzene ring substituents is 1. The SMILES string of the molecule is CN/C=C(\C=N)c1cc(OCCOC)c2cc([N+](=O)[O-])ccc2n1. The lowest BCUT2D eigenvalue weighted by molar-refractivity contribution is -0.384. The lowest BCUT2D eigenvalue weighted by Gasteiger charge is -2.11. The van der Waals surface area contributed by atoms with Gasteiger partial charge in [-0.2, -0.15) is 0 Å². The molecule has 0 aliphatic rings. The van der Waals surface area contributed by atoms with Crippen LogP contribution in [-0.4, -0.2) is 43.5 Å². The molecule has 8 nitrogen and oxygen atoms in total. The van der Waals surface area contributed by atoms with Gasteiger partial charge < -0.3 is 20.2 Å². The van der Waals surface area contributed by atoms with Gasteiger partial charge in [0.25, 0.3) is 5.69 Å². The van der Waals surface area contributed by atoms with Crippen molar-refractivity contribution in [1.82, 2.24) is 10.3 Å². The number of nitrogens with one attached hydrogen (secondary N) is 2. The molecule has 1 heterocycles. The Kier molecular flexibility index (Phi) is 5.80. The van der Waals surface area contributed by atoms with Crippen molar-refractivity contribution in [1.29, 1.82) is 5.41 Å². The van der Waals surface area contributed by atoms with Gasteiger partial charge in [0.05, 0.1) is 22.7 Å². The molecule has 2 N–H and O–H groups in total. The molecule has 2 rings (SSSR count). The van der Waals surface area contributed by atoms with E-state index in [9.17, 15) is 10.1 Å². The molecule has 0 saturated heterocycles. The van der Waals surface area contributed by atoms with E-state index in [0.29, 0.717) is 41.1 Å². The summed E-state index contributed by atoms with van der Waals surface area (Å²) >= 11 is 0. The quantitative estimate of drug-likeness (QED) is 0.333. The number of nitrogens with zero attached hydrogens (tertiary/aromatic N) is 2. The molecule has 0 atom stereocenters. The van der Waals surface area contributed by atoms with Crippen molar-refractivity contribution in [2.75, 3.05) is 27.4 Å². The van der Waals surface area contributed by atoms with Gasteiger partial charge in [-0.1, -0.05) is 0 Å². The Bertz CT molecular complexity index is 789. The third-order valence-electron chi connectivity index (χ3n) is 3.26. The number of ether oxygens (including phenoxy) is 2. The minimum absolute atomic E-state index is 0.0355.